The molecule has 26 heavy (non-hydrogen) atoms. The molecule has 2 amide bonds. The fourth-order valence-electron chi connectivity index (χ4n) is 3.21. The molecule has 0 aromatic heterocycles. The van der Waals surface area contributed by atoms with E-state index >= 15 is 0 Å². The van der Waals surface area contributed by atoms with E-state index in [0.717, 1.165) is 42.9 Å². The molecular weight excluding hydrogens is 334 g/mol. The van der Waals surface area contributed by atoms with E-state index in [1.54, 1.807) is 14.2 Å². The number of rotatable bonds is 9. The van der Waals surface area contributed by atoms with Gasteiger partial charge in [0.25, 0.3) is 0 Å². The van der Waals surface area contributed by atoms with Gasteiger partial charge in [0.2, 0.25) is 11.8 Å². The first-order valence-corrected chi connectivity index (χ1v) is 9.08. The van der Waals surface area contributed by atoms with Crippen molar-refractivity contribution in [2.45, 2.75) is 32.2 Å². The lowest BCUT2D eigenvalue weighted by atomic mass is 10.0. The Morgan fingerprint density at radius 3 is 2.69 bits per heavy atom. The maximum atomic E-state index is 12.2. The molecule has 0 unspecified atom stereocenters. The number of carbonyl (C=O) groups is 2. The van der Waals surface area contributed by atoms with Gasteiger partial charge in [-0.2, -0.15) is 0 Å². The Morgan fingerprint density at radius 2 is 2.00 bits per heavy atom. The Kier molecular flexibility index (Phi) is 7.72. The van der Waals surface area contributed by atoms with Crippen molar-refractivity contribution >= 4 is 11.8 Å². The van der Waals surface area contributed by atoms with E-state index in [0.29, 0.717) is 6.54 Å². The highest BCUT2D eigenvalue weighted by Crippen LogP contribution is 2.38. The fourth-order valence-corrected chi connectivity index (χ4v) is 3.21. The van der Waals surface area contributed by atoms with E-state index in [-0.39, 0.29) is 30.9 Å². The van der Waals surface area contributed by atoms with E-state index in [1.165, 1.54) is 0 Å². The van der Waals surface area contributed by atoms with Crippen LogP contribution in [0.2, 0.25) is 0 Å². The summed E-state index contributed by atoms with van der Waals surface area (Å²) in [5, 5.41) is 5.44. The van der Waals surface area contributed by atoms with Gasteiger partial charge in [-0.1, -0.05) is 13.0 Å². The van der Waals surface area contributed by atoms with Crippen LogP contribution in [-0.2, 0) is 9.59 Å². The zero-order chi connectivity index (χ0) is 18.9. The molecule has 1 saturated heterocycles. The molecule has 1 atom stereocenters. The Balaban J connectivity index is 1.95. The minimum Gasteiger partial charge on any atom is -0.497 e. The van der Waals surface area contributed by atoms with Crippen molar-refractivity contribution in [2.24, 2.45) is 0 Å². The smallest absolute Gasteiger partial charge is 0.239 e. The van der Waals surface area contributed by atoms with Crippen LogP contribution in [0.4, 0.5) is 0 Å². The summed E-state index contributed by atoms with van der Waals surface area (Å²) in [4.78, 5) is 26.0. The lowest BCUT2D eigenvalue weighted by Crippen LogP contribution is -2.42. The SMILES string of the molecule is CCCNC(=O)CNC(=O)CN1CCC[C@@H]1c1ccc(OC)cc1OC. The summed E-state index contributed by atoms with van der Waals surface area (Å²) < 4.78 is 10.8. The van der Waals surface area contributed by atoms with Gasteiger partial charge in [0.05, 0.1) is 27.3 Å². The molecule has 1 heterocycles. The molecule has 7 heteroatoms. The molecule has 2 N–H and O–H groups in total. The predicted octanol–water partition coefficient (Wildman–Crippen LogP) is 1.48. The highest BCUT2D eigenvalue weighted by Gasteiger charge is 2.29. The molecule has 2 rings (SSSR count). The number of methoxy groups -OCH3 is 2. The topological polar surface area (TPSA) is 79.9 Å². The Labute approximate surface area is 155 Å². The van der Waals surface area contributed by atoms with Crippen LogP contribution in [0, 0.1) is 0 Å². The monoisotopic (exact) mass is 363 g/mol. The number of amides is 2. The Hall–Kier alpha value is -2.28. The van der Waals surface area contributed by atoms with Crippen molar-refractivity contribution in [1.29, 1.82) is 0 Å². The number of carbonyl (C=O) groups excluding carboxylic acids is 2. The fraction of sp³-hybridized carbons (Fsp3) is 0.579. The van der Waals surface area contributed by atoms with Crippen molar-refractivity contribution in [3.05, 3.63) is 23.8 Å². The third kappa shape index (κ3) is 5.36. The van der Waals surface area contributed by atoms with Crippen LogP contribution in [-0.4, -0.2) is 57.1 Å². The lowest BCUT2D eigenvalue weighted by molar-refractivity contribution is -0.126. The van der Waals surface area contributed by atoms with Gasteiger partial charge in [-0.25, -0.2) is 0 Å². The number of benzene rings is 1. The highest BCUT2D eigenvalue weighted by molar-refractivity contribution is 5.85. The van der Waals surface area contributed by atoms with Crippen molar-refractivity contribution in [3.8, 4) is 11.5 Å². The van der Waals surface area contributed by atoms with E-state index in [9.17, 15) is 9.59 Å². The number of hydrogen-bond acceptors (Lipinski definition) is 5. The number of hydrogen-bond donors (Lipinski definition) is 2. The van der Waals surface area contributed by atoms with Gasteiger partial charge in [-0.15, -0.1) is 0 Å². The quantitative estimate of drug-likeness (QED) is 0.695. The average molecular weight is 363 g/mol. The van der Waals surface area contributed by atoms with E-state index in [2.05, 4.69) is 15.5 Å². The molecule has 0 aliphatic carbocycles. The molecule has 1 aromatic carbocycles. The molecule has 1 aliphatic rings. The maximum Gasteiger partial charge on any atom is 0.239 e. The van der Waals surface area contributed by atoms with Gasteiger partial charge in [-0.3, -0.25) is 14.5 Å². The molecule has 0 saturated carbocycles. The summed E-state index contributed by atoms with van der Waals surface area (Å²) in [5.41, 5.74) is 1.05. The van der Waals surface area contributed by atoms with Gasteiger partial charge in [0, 0.05) is 24.2 Å². The number of nitrogens with one attached hydrogen (secondary N) is 2. The molecule has 0 radical (unpaired) electrons. The maximum absolute atomic E-state index is 12.2. The predicted molar refractivity (Wildman–Crippen MR) is 99.4 cm³/mol. The minimum absolute atomic E-state index is 0.0171. The molecule has 7 nitrogen and oxygen atoms in total. The van der Waals surface area contributed by atoms with Crippen molar-refractivity contribution < 1.29 is 19.1 Å². The van der Waals surface area contributed by atoms with E-state index in [1.807, 2.05) is 25.1 Å². The molecule has 1 aromatic rings. The first-order chi connectivity index (χ1) is 12.6. The number of likely N-dealkylation sites (tertiary alicyclic amines) is 1. The van der Waals surface area contributed by atoms with Gasteiger partial charge in [0.1, 0.15) is 11.5 Å². The summed E-state index contributed by atoms with van der Waals surface area (Å²) in [7, 11) is 3.26. The summed E-state index contributed by atoms with van der Waals surface area (Å²) in [6, 6.07) is 5.89. The van der Waals surface area contributed by atoms with Crippen LogP contribution in [0.15, 0.2) is 18.2 Å². The van der Waals surface area contributed by atoms with Crippen molar-refractivity contribution in [1.82, 2.24) is 15.5 Å². The second-order valence-corrected chi connectivity index (χ2v) is 6.36. The third-order valence-corrected chi connectivity index (χ3v) is 4.53. The summed E-state index contributed by atoms with van der Waals surface area (Å²) >= 11 is 0. The highest BCUT2D eigenvalue weighted by atomic mass is 16.5. The summed E-state index contributed by atoms with van der Waals surface area (Å²) in [5.74, 6) is 1.21. The van der Waals surface area contributed by atoms with Crippen LogP contribution in [0.3, 0.4) is 0 Å². The normalized spacial score (nSPS) is 17.0. The van der Waals surface area contributed by atoms with Gasteiger partial charge in [0.15, 0.2) is 0 Å². The van der Waals surface area contributed by atoms with Gasteiger partial charge >= 0.3 is 0 Å². The minimum atomic E-state index is -0.157. The Bertz CT molecular complexity index is 621. The van der Waals surface area contributed by atoms with E-state index in [4.69, 9.17) is 9.47 Å². The van der Waals surface area contributed by atoms with Crippen LogP contribution >= 0.6 is 0 Å². The first-order valence-electron chi connectivity index (χ1n) is 9.08. The van der Waals surface area contributed by atoms with Crippen LogP contribution in [0.5, 0.6) is 11.5 Å². The van der Waals surface area contributed by atoms with Crippen LogP contribution in [0.1, 0.15) is 37.8 Å². The van der Waals surface area contributed by atoms with Gasteiger partial charge < -0.3 is 20.1 Å². The van der Waals surface area contributed by atoms with Crippen molar-refractivity contribution in [3.63, 3.8) is 0 Å². The zero-order valence-corrected chi connectivity index (χ0v) is 15.8. The molecule has 1 fully saturated rings. The first kappa shape index (κ1) is 20.0. The second-order valence-electron chi connectivity index (χ2n) is 6.36. The molecule has 0 bridgehead atoms. The Morgan fingerprint density at radius 1 is 1.19 bits per heavy atom. The zero-order valence-electron chi connectivity index (χ0n) is 15.8. The number of ether oxygens (including phenoxy) is 2. The van der Waals surface area contributed by atoms with Crippen molar-refractivity contribution in [2.75, 3.05) is 40.4 Å². The molecule has 144 valence electrons. The largest absolute Gasteiger partial charge is 0.497 e. The van der Waals surface area contributed by atoms with Crippen LogP contribution in [0.25, 0.3) is 0 Å². The van der Waals surface area contributed by atoms with Crippen LogP contribution < -0.4 is 20.1 Å². The average Bonchev–Trinajstić information content (AvgIpc) is 3.11. The second kappa shape index (κ2) is 10.0. The lowest BCUT2D eigenvalue weighted by Gasteiger charge is -2.25. The molecule has 0 spiro atoms. The van der Waals surface area contributed by atoms with E-state index < -0.39 is 0 Å². The standard InChI is InChI=1S/C19H29N3O4/c1-4-9-20-18(23)12-21-19(24)13-22-10-5-6-16(22)15-8-7-14(25-2)11-17(15)26-3/h7-8,11,16H,4-6,9-10,12-13H2,1-3H3,(H,20,23)(H,21,24)/t16-/m1/s1. The summed E-state index contributed by atoms with van der Waals surface area (Å²) in [6.45, 7) is 3.74. The summed E-state index contributed by atoms with van der Waals surface area (Å²) in [6.07, 6.45) is 2.86. The third-order valence-electron chi connectivity index (χ3n) is 4.53. The molecule has 1 aliphatic heterocycles. The number of nitrogens with zero attached hydrogens (tertiary/aromatic N) is 1. The molecular formula is C19H29N3O4. The van der Waals surface area contributed by atoms with Gasteiger partial charge in [-0.05, 0) is 31.9 Å².